The van der Waals surface area contributed by atoms with Gasteiger partial charge >= 0.3 is 0 Å². The molecule has 5 nitrogen and oxygen atoms in total. The minimum absolute atomic E-state index is 0.129. The molecule has 0 heterocycles. The number of hydrogen-bond acceptors (Lipinski definition) is 3. The molecule has 2 N–H and O–H groups in total. The van der Waals surface area contributed by atoms with Crippen LogP contribution in [0.25, 0.3) is 0 Å². The van der Waals surface area contributed by atoms with Crippen LogP contribution in [0.1, 0.15) is 40.5 Å². The molecule has 0 amide bonds. The number of aliphatic imine (C=N–C) groups is 1. The molecule has 0 saturated heterocycles. The van der Waals surface area contributed by atoms with Crippen LogP contribution in [-0.4, -0.2) is 44.5 Å². The number of nitrogens with one attached hydrogen (secondary N) is 2. The van der Waals surface area contributed by atoms with Gasteiger partial charge in [-0.15, -0.1) is 0 Å². The quantitative estimate of drug-likeness (QED) is 0.569. The zero-order chi connectivity index (χ0) is 14.5. The number of rotatable bonds is 6. The fraction of sp³-hybridized carbons (Fsp3) is 0.923. The molecule has 0 radical (unpaired) electrons. The van der Waals surface area contributed by atoms with Crippen LogP contribution in [0.15, 0.2) is 4.99 Å². The summed E-state index contributed by atoms with van der Waals surface area (Å²) in [5.74, 6) is 1.58. The molecule has 1 aliphatic rings. The van der Waals surface area contributed by atoms with Gasteiger partial charge in [-0.3, -0.25) is 4.99 Å². The van der Waals surface area contributed by atoms with E-state index in [9.17, 15) is 8.42 Å². The van der Waals surface area contributed by atoms with E-state index in [1.54, 1.807) is 20.8 Å². The molecule has 1 saturated carbocycles. The fourth-order valence-corrected chi connectivity index (χ4v) is 2.46. The van der Waals surface area contributed by atoms with Crippen molar-refractivity contribution < 1.29 is 8.42 Å². The molecular formula is C13H27N3O2S. The first-order valence-corrected chi connectivity index (χ1v) is 8.66. The third kappa shape index (κ3) is 5.80. The van der Waals surface area contributed by atoms with Crippen LogP contribution in [0.5, 0.6) is 0 Å². The number of hydrogen-bond donors (Lipinski definition) is 2. The molecular weight excluding hydrogens is 262 g/mol. The summed E-state index contributed by atoms with van der Waals surface area (Å²) in [5.41, 5.74) is 0. The van der Waals surface area contributed by atoms with Crippen LogP contribution >= 0.6 is 0 Å². The van der Waals surface area contributed by atoms with Gasteiger partial charge in [0, 0.05) is 19.6 Å². The third-order valence-electron chi connectivity index (χ3n) is 3.14. The summed E-state index contributed by atoms with van der Waals surface area (Å²) in [7, 11) is -3.07. The van der Waals surface area contributed by atoms with E-state index >= 15 is 0 Å². The summed E-state index contributed by atoms with van der Waals surface area (Å²) in [6.07, 6.45) is 2.53. The summed E-state index contributed by atoms with van der Waals surface area (Å²) in [5, 5.41) is 6.23. The molecule has 112 valence electrons. The van der Waals surface area contributed by atoms with Crippen LogP contribution < -0.4 is 10.6 Å². The van der Waals surface area contributed by atoms with E-state index in [1.165, 1.54) is 12.8 Å². The van der Waals surface area contributed by atoms with Crippen molar-refractivity contribution in [1.82, 2.24) is 10.6 Å². The van der Waals surface area contributed by atoms with E-state index < -0.39 is 14.6 Å². The summed E-state index contributed by atoms with van der Waals surface area (Å²) >= 11 is 0. The Morgan fingerprint density at radius 2 is 1.89 bits per heavy atom. The lowest BCUT2D eigenvalue weighted by Gasteiger charge is -2.19. The Bertz CT molecular complexity index is 406. The Morgan fingerprint density at radius 3 is 2.37 bits per heavy atom. The summed E-state index contributed by atoms with van der Waals surface area (Å²) in [6, 6.07) is 0. The maximum Gasteiger partial charge on any atom is 0.191 e. The van der Waals surface area contributed by atoms with Crippen LogP contribution in [0.3, 0.4) is 0 Å². The van der Waals surface area contributed by atoms with Crippen LogP contribution in [0, 0.1) is 5.92 Å². The highest BCUT2D eigenvalue weighted by atomic mass is 32.2. The summed E-state index contributed by atoms with van der Waals surface area (Å²) in [6.45, 7) is 9.21. The van der Waals surface area contributed by atoms with Gasteiger partial charge in [0.15, 0.2) is 15.8 Å². The number of sulfone groups is 1. The van der Waals surface area contributed by atoms with Crippen molar-refractivity contribution in [3.63, 3.8) is 0 Å². The molecule has 0 aromatic carbocycles. The van der Waals surface area contributed by atoms with Gasteiger partial charge in [-0.25, -0.2) is 8.42 Å². The summed E-state index contributed by atoms with van der Waals surface area (Å²) in [4.78, 5) is 4.46. The molecule has 0 aromatic rings. The SMILES string of the molecule is CCNC(=NCC1CC1)NCCS(=O)(=O)C(C)(C)C. The second-order valence-corrected chi connectivity index (χ2v) is 8.88. The van der Waals surface area contributed by atoms with Crippen LogP contribution in [0.4, 0.5) is 0 Å². The van der Waals surface area contributed by atoms with Gasteiger partial charge in [-0.1, -0.05) is 0 Å². The van der Waals surface area contributed by atoms with E-state index in [4.69, 9.17) is 0 Å². The maximum atomic E-state index is 12.0. The topological polar surface area (TPSA) is 70.6 Å². The van der Waals surface area contributed by atoms with Gasteiger partial charge in [0.2, 0.25) is 0 Å². The average Bonchev–Trinajstić information content (AvgIpc) is 3.07. The Kier molecular flexibility index (Phi) is 5.64. The van der Waals surface area contributed by atoms with Crippen molar-refractivity contribution in [3.05, 3.63) is 0 Å². The molecule has 1 fully saturated rings. The largest absolute Gasteiger partial charge is 0.357 e. The zero-order valence-corrected chi connectivity index (χ0v) is 13.3. The second-order valence-electron chi connectivity index (χ2n) is 6.02. The third-order valence-corrected chi connectivity index (χ3v) is 5.75. The van der Waals surface area contributed by atoms with Crippen molar-refractivity contribution >= 4 is 15.8 Å². The Hall–Kier alpha value is -0.780. The van der Waals surface area contributed by atoms with E-state index in [0.29, 0.717) is 6.54 Å². The van der Waals surface area contributed by atoms with Gasteiger partial charge < -0.3 is 10.6 Å². The Morgan fingerprint density at radius 1 is 1.26 bits per heavy atom. The van der Waals surface area contributed by atoms with E-state index in [1.807, 2.05) is 6.92 Å². The first-order valence-electron chi connectivity index (χ1n) is 7.00. The predicted molar refractivity (Wildman–Crippen MR) is 80.2 cm³/mol. The lowest BCUT2D eigenvalue weighted by atomic mass is 10.3. The minimum atomic E-state index is -3.07. The van der Waals surface area contributed by atoms with E-state index in [0.717, 1.165) is 25.0 Å². The van der Waals surface area contributed by atoms with E-state index in [-0.39, 0.29) is 5.75 Å². The van der Waals surface area contributed by atoms with Gasteiger partial charge in [0.25, 0.3) is 0 Å². The Balaban J connectivity index is 2.41. The van der Waals surface area contributed by atoms with Crippen LogP contribution in [0.2, 0.25) is 0 Å². The van der Waals surface area contributed by atoms with Crippen molar-refractivity contribution in [3.8, 4) is 0 Å². The molecule has 0 aliphatic heterocycles. The standard InChI is InChI=1S/C13H27N3O2S/c1-5-14-12(16-10-11-6-7-11)15-8-9-19(17,18)13(2,3)4/h11H,5-10H2,1-4H3,(H2,14,15,16). The first kappa shape index (κ1) is 16.3. The fourth-order valence-electron chi connectivity index (χ4n) is 1.47. The van der Waals surface area contributed by atoms with Crippen molar-refractivity contribution in [2.75, 3.05) is 25.4 Å². The van der Waals surface area contributed by atoms with Gasteiger partial charge in [0.05, 0.1) is 10.5 Å². The van der Waals surface area contributed by atoms with Crippen LogP contribution in [-0.2, 0) is 9.84 Å². The molecule has 6 heteroatoms. The zero-order valence-electron chi connectivity index (χ0n) is 12.5. The maximum absolute atomic E-state index is 12.0. The highest BCUT2D eigenvalue weighted by Crippen LogP contribution is 2.28. The molecule has 1 aliphatic carbocycles. The molecule has 1 rings (SSSR count). The van der Waals surface area contributed by atoms with Gasteiger partial charge in [-0.2, -0.15) is 0 Å². The van der Waals surface area contributed by atoms with E-state index in [2.05, 4.69) is 15.6 Å². The molecule has 0 atom stereocenters. The highest BCUT2D eigenvalue weighted by Gasteiger charge is 2.28. The van der Waals surface area contributed by atoms with Crippen molar-refractivity contribution in [1.29, 1.82) is 0 Å². The molecule has 19 heavy (non-hydrogen) atoms. The summed E-state index contributed by atoms with van der Waals surface area (Å²) < 4.78 is 23.2. The monoisotopic (exact) mass is 289 g/mol. The molecule has 0 spiro atoms. The lowest BCUT2D eigenvalue weighted by molar-refractivity contribution is 0.559. The molecule has 0 aromatic heterocycles. The van der Waals surface area contributed by atoms with Crippen molar-refractivity contribution in [2.24, 2.45) is 10.9 Å². The smallest absolute Gasteiger partial charge is 0.191 e. The predicted octanol–water partition coefficient (Wildman–Crippen LogP) is 1.16. The Labute approximate surface area is 117 Å². The lowest BCUT2D eigenvalue weighted by Crippen LogP contribution is -2.42. The van der Waals surface area contributed by atoms with Crippen molar-refractivity contribution in [2.45, 2.75) is 45.3 Å². The first-order chi connectivity index (χ1) is 8.76. The molecule has 0 bridgehead atoms. The normalized spacial score (nSPS) is 17.4. The van der Waals surface area contributed by atoms with Gasteiger partial charge in [0.1, 0.15) is 0 Å². The molecule has 0 unspecified atom stereocenters. The number of nitrogens with zero attached hydrogens (tertiary/aromatic N) is 1. The number of guanidine groups is 1. The van der Waals surface area contributed by atoms with Gasteiger partial charge in [-0.05, 0) is 46.5 Å². The minimum Gasteiger partial charge on any atom is -0.357 e. The average molecular weight is 289 g/mol. The second kappa shape index (κ2) is 6.59. The highest BCUT2D eigenvalue weighted by molar-refractivity contribution is 7.92.